The summed E-state index contributed by atoms with van der Waals surface area (Å²) in [5.41, 5.74) is 1.68. The van der Waals surface area contributed by atoms with E-state index >= 15 is 0 Å². The van der Waals surface area contributed by atoms with Crippen molar-refractivity contribution in [1.29, 1.82) is 0 Å². The summed E-state index contributed by atoms with van der Waals surface area (Å²) < 4.78 is 18.7. The minimum Gasteiger partial charge on any atom is -0.481 e. The zero-order valence-corrected chi connectivity index (χ0v) is 10.5. The van der Waals surface area contributed by atoms with Crippen molar-refractivity contribution in [3.63, 3.8) is 0 Å². The number of carboxylic acid groups (broad SMARTS) is 1. The second-order valence-corrected chi connectivity index (χ2v) is 4.04. The molecule has 98 valence electrons. The Morgan fingerprint density at radius 1 is 1.37 bits per heavy atom. The van der Waals surface area contributed by atoms with Gasteiger partial charge in [0.1, 0.15) is 5.82 Å². The Hall–Kier alpha value is -2.43. The Morgan fingerprint density at radius 3 is 2.68 bits per heavy atom. The van der Waals surface area contributed by atoms with Crippen molar-refractivity contribution in [3.05, 3.63) is 47.4 Å². The number of benzene rings is 1. The molecule has 4 nitrogen and oxygen atoms in total. The third kappa shape index (κ3) is 2.54. The van der Waals surface area contributed by atoms with Crippen LogP contribution in [0.3, 0.4) is 0 Å². The molecule has 19 heavy (non-hydrogen) atoms. The lowest BCUT2D eigenvalue weighted by Gasteiger charge is -2.08. The van der Waals surface area contributed by atoms with E-state index in [1.807, 2.05) is 0 Å². The van der Waals surface area contributed by atoms with Crippen LogP contribution in [-0.2, 0) is 0 Å². The third-order valence-corrected chi connectivity index (χ3v) is 2.81. The number of methoxy groups -OCH3 is 1. The molecule has 2 rings (SSSR count). The summed E-state index contributed by atoms with van der Waals surface area (Å²) in [5, 5.41) is 8.96. The summed E-state index contributed by atoms with van der Waals surface area (Å²) in [6.07, 6.45) is 1.08. The van der Waals surface area contributed by atoms with Crippen LogP contribution in [0.25, 0.3) is 11.1 Å². The summed E-state index contributed by atoms with van der Waals surface area (Å²) in [7, 11) is 1.45. The topological polar surface area (TPSA) is 59.4 Å². The van der Waals surface area contributed by atoms with Crippen LogP contribution < -0.4 is 4.74 Å². The van der Waals surface area contributed by atoms with Gasteiger partial charge in [-0.25, -0.2) is 14.2 Å². The smallest absolute Gasteiger partial charge is 0.335 e. The summed E-state index contributed by atoms with van der Waals surface area (Å²) in [6.45, 7) is 1.67. The summed E-state index contributed by atoms with van der Waals surface area (Å²) in [6, 6.07) is 6.12. The maximum atomic E-state index is 13.7. The molecule has 0 amide bonds. The van der Waals surface area contributed by atoms with E-state index in [-0.39, 0.29) is 5.56 Å². The number of hydrogen-bond donors (Lipinski definition) is 1. The van der Waals surface area contributed by atoms with E-state index < -0.39 is 11.8 Å². The van der Waals surface area contributed by atoms with Gasteiger partial charge in [0.25, 0.3) is 0 Å². The van der Waals surface area contributed by atoms with E-state index in [9.17, 15) is 9.18 Å². The van der Waals surface area contributed by atoms with E-state index in [0.29, 0.717) is 22.6 Å². The maximum Gasteiger partial charge on any atom is 0.335 e. The lowest BCUT2D eigenvalue weighted by atomic mass is 10.0. The highest BCUT2D eigenvalue weighted by Gasteiger charge is 2.12. The molecule has 0 bridgehead atoms. The maximum absolute atomic E-state index is 13.7. The Morgan fingerprint density at radius 2 is 2.11 bits per heavy atom. The van der Waals surface area contributed by atoms with Crippen LogP contribution in [0.5, 0.6) is 5.88 Å². The molecule has 0 radical (unpaired) electrons. The van der Waals surface area contributed by atoms with Crippen molar-refractivity contribution in [2.24, 2.45) is 0 Å². The van der Waals surface area contributed by atoms with Crippen molar-refractivity contribution < 1.29 is 19.0 Å². The number of carbonyl (C=O) groups is 1. The molecule has 0 saturated carbocycles. The lowest BCUT2D eigenvalue weighted by molar-refractivity contribution is 0.0696. The van der Waals surface area contributed by atoms with E-state index in [1.165, 1.54) is 19.2 Å². The summed E-state index contributed by atoms with van der Waals surface area (Å²) in [5.74, 6) is -1.18. The van der Waals surface area contributed by atoms with Gasteiger partial charge >= 0.3 is 5.97 Å². The number of aromatic carboxylic acids is 1. The Kier molecular flexibility index (Phi) is 3.46. The SMILES string of the molecule is COc1cc(-c2ccc(C(=O)O)c(C)c2)c(F)cn1. The third-order valence-electron chi connectivity index (χ3n) is 2.81. The first-order valence-electron chi connectivity index (χ1n) is 5.56. The predicted octanol–water partition coefficient (Wildman–Crippen LogP) is 2.90. The molecular formula is C14H12FNO3. The quantitative estimate of drug-likeness (QED) is 0.922. The van der Waals surface area contributed by atoms with Gasteiger partial charge in [-0.15, -0.1) is 0 Å². The molecule has 5 heteroatoms. The first-order valence-corrected chi connectivity index (χ1v) is 5.56. The molecule has 1 aromatic heterocycles. The van der Waals surface area contributed by atoms with Gasteiger partial charge in [-0.05, 0) is 24.1 Å². The van der Waals surface area contributed by atoms with Crippen LogP contribution in [0, 0.1) is 12.7 Å². The van der Waals surface area contributed by atoms with Gasteiger partial charge in [0, 0.05) is 11.6 Å². The lowest BCUT2D eigenvalue weighted by Crippen LogP contribution is -2.00. The van der Waals surface area contributed by atoms with Crippen LogP contribution in [-0.4, -0.2) is 23.2 Å². The van der Waals surface area contributed by atoms with E-state index in [4.69, 9.17) is 9.84 Å². The fraction of sp³-hybridized carbons (Fsp3) is 0.143. The molecule has 0 atom stereocenters. The van der Waals surface area contributed by atoms with Gasteiger partial charge in [0.2, 0.25) is 5.88 Å². The first-order chi connectivity index (χ1) is 9.02. The van der Waals surface area contributed by atoms with Crippen molar-refractivity contribution in [3.8, 4) is 17.0 Å². The molecule has 0 aliphatic heterocycles. The summed E-state index contributed by atoms with van der Waals surface area (Å²) >= 11 is 0. The average Bonchev–Trinajstić information content (AvgIpc) is 2.38. The van der Waals surface area contributed by atoms with Gasteiger partial charge < -0.3 is 9.84 Å². The van der Waals surface area contributed by atoms with Crippen molar-refractivity contribution in [1.82, 2.24) is 4.98 Å². The number of rotatable bonds is 3. The second kappa shape index (κ2) is 5.06. The van der Waals surface area contributed by atoms with E-state index in [0.717, 1.165) is 6.20 Å². The molecule has 1 N–H and O–H groups in total. The van der Waals surface area contributed by atoms with Crippen LogP contribution in [0.2, 0.25) is 0 Å². The molecule has 0 aliphatic carbocycles. The largest absolute Gasteiger partial charge is 0.481 e. The molecule has 1 heterocycles. The zero-order chi connectivity index (χ0) is 14.0. The number of aryl methyl sites for hydroxylation is 1. The Labute approximate surface area is 109 Å². The molecule has 1 aromatic carbocycles. The number of hydrogen-bond acceptors (Lipinski definition) is 3. The second-order valence-electron chi connectivity index (χ2n) is 4.04. The standard InChI is InChI=1S/C14H12FNO3/c1-8-5-9(3-4-10(8)14(17)18)11-6-13(19-2)16-7-12(11)15/h3-7H,1-2H3,(H,17,18). The fourth-order valence-electron chi connectivity index (χ4n) is 1.82. The zero-order valence-electron chi connectivity index (χ0n) is 10.5. The van der Waals surface area contributed by atoms with Crippen molar-refractivity contribution >= 4 is 5.97 Å². The fourth-order valence-corrected chi connectivity index (χ4v) is 1.82. The average molecular weight is 261 g/mol. The number of pyridine rings is 1. The van der Waals surface area contributed by atoms with Crippen LogP contribution >= 0.6 is 0 Å². The minimum atomic E-state index is -1.00. The molecule has 0 fully saturated rings. The van der Waals surface area contributed by atoms with Gasteiger partial charge in [0.05, 0.1) is 18.9 Å². The number of halogens is 1. The first kappa shape index (κ1) is 13.0. The normalized spacial score (nSPS) is 10.3. The Bertz CT molecular complexity index is 641. The molecule has 2 aromatic rings. The van der Waals surface area contributed by atoms with Gasteiger partial charge in [-0.3, -0.25) is 0 Å². The van der Waals surface area contributed by atoms with Crippen LogP contribution in [0.15, 0.2) is 30.5 Å². The van der Waals surface area contributed by atoms with E-state index in [1.54, 1.807) is 19.1 Å². The van der Waals surface area contributed by atoms with Crippen LogP contribution in [0.4, 0.5) is 4.39 Å². The van der Waals surface area contributed by atoms with Crippen LogP contribution in [0.1, 0.15) is 15.9 Å². The molecular weight excluding hydrogens is 249 g/mol. The summed E-state index contributed by atoms with van der Waals surface area (Å²) in [4.78, 5) is 14.7. The van der Waals surface area contributed by atoms with Gasteiger partial charge in [0.15, 0.2) is 0 Å². The number of nitrogens with zero attached hydrogens (tertiary/aromatic N) is 1. The predicted molar refractivity (Wildman–Crippen MR) is 67.9 cm³/mol. The van der Waals surface area contributed by atoms with Gasteiger partial charge in [-0.2, -0.15) is 0 Å². The highest BCUT2D eigenvalue weighted by Crippen LogP contribution is 2.27. The highest BCUT2D eigenvalue weighted by molar-refractivity contribution is 5.90. The van der Waals surface area contributed by atoms with E-state index in [2.05, 4.69) is 4.98 Å². The number of ether oxygens (including phenoxy) is 1. The molecule has 0 spiro atoms. The number of aromatic nitrogens is 1. The molecule has 0 saturated heterocycles. The molecule has 0 unspecified atom stereocenters. The van der Waals surface area contributed by atoms with Crippen molar-refractivity contribution in [2.75, 3.05) is 7.11 Å². The monoisotopic (exact) mass is 261 g/mol. The molecule has 0 aliphatic rings. The highest BCUT2D eigenvalue weighted by atomic mass is 19.1. The van der Waals surface area contributed by atoms with Crippen molar-refractivity contribution in [2.45, 2.75) is 6.92 Å². The number of carboxylic acids is 1. The Balaban J connectivity index is 2.53. The van der Waals surface area contributed by atoms with Gasteiger partial charge in [-0.1, -0.05) is 12.1 Å². The minimum absolute atomic E-state index is 0.199.